The van der Waals surface area contributed by atoms with E-state index in [2.05, 4.69) is 0 Å². The van der Waals surface area contributed by atoms with E-state index in [1.807, 2.05) is 0 Å². The van der Waals surface area contributed by atoms with Crippen molar-refractivity contribution in [3.05, 3.63) is 11.6 Å². The van der Waals surface area contributed by atoms with Crippen LogP contribution >= 0.6 is 0 Å². The Hall–Kier alpha value is -0.510. The number of halogens is 3. The molecule has 0 saturated carbocycles. The third kappa shape index (κ3) is 3.76. The van der Waals surface area contributed by atoms with E-state index in [1.165, 1.54) is 6.08 Å². The maximum Gasteiger partial charge on any atom is 0.392 e. The summed E-state index contributed by atoms with van der Waals surface area (Å²) in [6.45, 7) is 1.12. The third-order valence-electron chi connectivity index (χ3n) is 1.76. The molecule has 0 atom stereocenters. The maximum absolute atomic E-state index is 11.7. The first-order valence-corrected chi connectivity index (χ1v) is 3.90. The van der Waals surface area contributed by atoms with Crippen molar-refractivity contribution in [2.24, 2.45) is 0 Å². The highest BCUT2D eigenvalue weighted by molar-refractivity contribution is 5.04. The van der Waals surface area contributed by atoms with Crippen molar-refractivity contribution in [1.82, 2.24) is 0 Å². The van der Waals surface area contributed by atoms with Crippen LogP contribution in [0.4, 0.5) is 13.2 Å². The molecule has 1 rings (SSSR count). The van der Waals surface area contributed by atoms with Crippen molar-refractivity contribution in [2.45, 2.75) is 25.4 Å². The second-order valence-electron chi connectivity index (χ2n) is 2.79. The summed E-state index contributed by atoms with van der Waals surface area (Å²) in [5.41, 5.74) is 0.874. The molecule has 1 saturated heterocycles. The lowest BCUT2D eigenvalue weighted by Gasteiger charge is -2.14. The first kappa shape index (κ1) is 9.58. The molecule has 70 valence electrons. The van der Waals surface area contributed by atoms with Gasteiger partial charge in [0.25, 0.3) is 0 Å². The molecule has 1 aliphatic rings. The number of hydrogen-bond acceptors (Lipinski definition) is 1. The number of alkyl halides is 3. The minimum Gasteiger partial charge on any atom is -0.381 e. The Labute approximate surface area is 69.2 Å². The molecule has 0 aliphatic carbocycles. The van der Waals surface area contributed by atoms with Crippen LogP contribution in [0.25, 0.3) is 0 Å². The summed E-state index contributed by atoms with van der Waals surface area (Å²) >= 11 is 0. The average molecular weight is 180 g/mol. The second kappa shape index (κ2) is 3.94. The first-order valence-electron chi connectivity index (χ1n) is 3.90. The van der Waals surface area contributed by atoms with E-state index in [4.69, 9.17) is 4.74 Å². The minimum absolute atomic E-state index is 0.559. The summed E-state index contributed by atoms with van der Waals surface area (Å²) < 4.78 is 40.2. The molecule has 0 radical (unpaired) electrons. The van der Waals surface area contributed by atoms with E-state index < -0.39 is 12.6 Å². The van der Waals surface area contributed by atoms with Crippen molar-refractivity contribution in [1.29, 1.82) is 0 Å². The number of rotatable bonds is 1. The fraction of sp³-hybridized carbons (Fsp3) is 0.750. The van der Waals surface area contributed by atoms with Gasteiger partial charge in [-0.15, -0.1) is 0 Å². The zero-order valence-corrected chi connectivity index (χ0v) is 6.66. The normalized spacial score (nSPS) is 19.4. The average Bonchev–Trinajstić information content (AvgIpc) is 2.02. The summed E-state index contributed by atoms with van der Waals surface area (Å²) in [5, 5.41) is 0. The molecule has 1 aliphatic heterocycles. The van der Waals surface area contributed by atoms with E-state index in [1.54, 1.807) is 0 Å². The van der Waals surface area contributed by atoms with Gasteiger partial charge in [0, 0.05) is 0 Å². The fourth-order valence-corrected chi connectivity index (χ4v) is 1.10. The molecular weight excluding hydrogens is 169 g/mol. The van der Waals surface area contributed by atoms with Gasteiger partial charge < -0.3 is 4.74 Å². The van der Waals surface area contributed by atoms with Gasteiger partial charge in [-0.05, 0) is 12.8 Å². The van der Waals surface area contributed by atoms with E-state index in [0.717, 1.165) is 5.57 Å². The summed E-state index contributed by atoms with van der Waals surface area (Å²) in [7, 11) is 0. The highest BCUT2D eigenvalue weighted by Gasteiger charge is 2.25. The van der Waals surface area contributed by atoms with Crippen LogP contribution in [0.15, 0.2) is 11.6 Å². The lowest BCUT2D eigenvalue weighted by atomic mass is 10.1. The predicted octanol–water partition coefficient (Wildman–Crippen LogP) is 2.68. The number of hydrogen-bond donors (Lipinski definition) is 0. The van der Waals surface area contributed by atoms with E-state index in [0.29, 0.717) is 26.1 Å². The molecule has 0 unspecified atom stereocenters. The molecular formula is C8H11F3O. The summed E-state index contributed by atoms with van der Waals surface area (Å²) in [4.78, 5) is 0. The molecule has 1 fully saturated rings. The van der Waals surface area contributed by atoms with Crippen molar-refractivity contribution in [3.63, 3.8) is 0 Å². The first-order chi connectivity index (χ1) is 5.58. The van der Waals surface area contributed by atoms with Crippen molar-refractivity contribution < 1.29 is 17.9 Å². The Morgan fingerprint density at radius 3 is 2.33 bits per heavy atom. The summed E-state index contributed by atoms with van der Waals surface area (Å²) in [5.74, 6) is 0. The molecule has 1 heterocycles. The van der Waals surface area contributed by atoms with E-state index >= 15 is 0 Å². The van der Waals surface area contributed by atoms with Gasteiger partial charge in [0.15, 0.2) is 0 Å². The molecule has 0 aromatic heterocycles. The van der Waals surface area contributed by atoms with E-state index in [-0.39, 0.29) is 0 Å². The van der Waals surface area contributed by atoms with Gasteiger partial charge in [-0.1, -0.05) is 11.6 Å². The van der Waals surface area contributed by atoms with Crippen LogP contribution in [0.3, 0.4) is 0 Å². The largest absolute Gasteiger partial charge is 0.392 e. The fourth-order valence-electron chi connectivity index (χ4n) is 1.10. The van der Waals surface area contributed by atoms with Gasteiger partial charge in [-0.25, -0.2) is 0 Å². The lowest BCUT2D eigenvalue weighted by Crippen LogP contribution is -2.09. The molecule has 0 amide bonds. The minimum atomic E-state index is -4.06. The highest BCUT2D eigenvalue weighted by atomic mass is 19.4. The lowest BCUT2D eigenvalue weighted by molar-refractivity contribution is -0.125. The Balaban J connectivity index is 2.35. The van der Waals surface area contributed by atoms with Crippen LogP contribution in [0.1, 0.15) is 19.3 Å². The van der Waals surface area contributed by atoms with Gasteiger partial charge in [-0.2, -0.15) is 13.2 Å². The Morgan fingerprint density at radius 2 is 1.83 bits per heavy atom. The molecule has 0 aromatic rings. The monoisotopic (exact) mass is 180 g/mol. The van der Waals surface area contributed by atoms with Crippen LogP contribution in [-0.2, 0) is 4.74 Å². The standard InChI is InChI=1S/C8H11F3O/c9-8(10,11)4-1-7-2-5-12-6-3-7/h1H,2-6H2. The Morgan fingerprint density at radius 1 is 1.25 bits per heavy atom. The summed E-state index contributed by atoms with van der Waals surface area (Å²) in [6.07, 6.45) is -2.29. The van der Waals surface area contributed by atoms with Gasteiger partial charge in [0.1, 0.15) is 0 Å². The van der Waals surface area contributed by atoms with Crippen LogP contribution < -0.4 is 0 Å². The van der Waals surface area contributed by atoms with Crippen LogP contribution in [-0.4, -0.2) is 19.4 Å². The molecule has 0 aromatic carbocycles. The van der Waals surface area contributed by atoms with Crippen molar-refractivity contribution in [2.75, 3.05) is 13.2 Å². The van der Waals surface area contributed by atoms with Gasteiger partial charge in [0.05, 0.1) is 19.6 Å². The predicted molar refractivity (Wildman–Crippen MR) is 38.8 cm³/mol. The zero-order chi connectivity index (χ0) is 9.03. The van der Waals surface area contributed by atoms with Crippen LogP contribution in [0.2, 0.25) is 0 Å². The van der Waals surface area contributed by atoms with Crippen molar-refractivity contribution in [3.8, 4) is 0 Å². The molecule has 1 nitrogen and oxygen atoms in total. The molecule has 12 heavy (non-hydrogen) atoms. The number of ether oxygens (including phenoxy) is 1. The Kier molecular flexibility index (Phi) is 3.14. The number of allylic oxidation sites excluding steroid dienone is 1. The molecule has 0 N–H and O–H groups in total. The van der Waals surface area contributed by atoms with Crippen molar-refractivity contribution >= 4 is 0 Å². The molecule has 0 bridgehead atoms. The molecule has 4 heteroatoms. The van der Waals surface area contributed by atoms with Gasteiger partial charge in [-0.3, -0.25) is 0 Å². The topological polar surface area (TPSA) is 9.23 Å². The summed E-state index contributed by atoms with van der Waals surface area (Å²) in [6, 6.07) is 0. The third-order valence-corrected chi connectivity index (χ3v) is 1.76. The zero-order valence-electron chi connectivity index (χ0n) is 6.66. The van der Waals surface area contributed by atoms with Gasteiger partial charge in [0.2, 0.25) is 0 Å². The Bertz CT molecular complexity index is 164. The maximum atomic E-state index is 11.7. The van der Waals surface area contributed by atoms with Gasteiger partial charge >= 0.3 is 6.18 Å². The second-order valence-corrected chi connectivity index (χ2v) is 2.79. The van der Waals surface area contributed by atoms with Crippen LogP contribution in [0, 0.1) is 0 Å². The quantitative estimate of drug-likeness (QED) is 0.564. The SMILES string of the molecule is FC(F)(F)CC=C1CCOCC1. The smallest absolute Gasteiger partial charge is 0.381 e. The van der Waals surface area contributed by atoms with Crippen LogP contribution in [0.5, 0.6) is 0 Å². The molecule has 0 spiro atoms. The van der Waals surface area contributed by atoms with E-state index in [9.17, 15) is 13.2 Å². The highest BCUT2D eigenvalue weighted by Crippen LogP contribution is 2.23.